The van der Waals surface area contributed by atoms with E-state index in [0.717, 1.165) is 29.3 Å². The number of H-pyrrole nitrogens is 1. The van der Waals surface area contributed by atoms with Crippen LogP contribution in [0, 0.1) is 25.5 Å². The molecule has 5 aromatic heterocycles. The Bertz CT molecular complexity index is 3450. The molecule has 2 aliphatic heterocycles. The molecule has 11 rings (SSSR count). The van der Waals surface area contributed by atoms with Crippen molar-refractivity contribution in [2.24, 2.45) is 7.05 Å². The summed E-state index contributed by atoms with van der Waals surface area (Å²) in [6, 6.07) is 22.1. The molecule has 2 aliphatic rings. The number of para-hydroxylation sites is 1. The smallest absolute Gasteiger partial charge is 0.381 e. The van der Waals surface area contributed by atoms with E-state index in [1.54, 1.807) is 65.6 Å². The third-order valence-corrected chi connectivity index (χ3v) is 12.6. The number of rotatable bonds is 7. The highest BCUT2D eigenvalue weighted by atomic mass is 19.1. The zero-order valence-electron chi connectivity index (χ0n) is 35.0. The minimum Gasteiger partial charge on any atom is -0.381 e. The third-order valence-electron chi connectivity index (χ3n) is 12.6. The second-order valence-electron chi connectivity index (χ2n) is 16.5. The van der Waals surface area contributed by atoms with Crippen molar-refractivity contribution >= 4 is 27.7 Å². The van der Waals surface area contributed by atoms with Gasteiger partial charge in [-0.05, 0) is 104 Å². The Morgan fingerprint density at radius 2 is 1.64 bits per heavy atom. The predicted octanol–water partition coefficient (Wildman–Crippen LogP) is 6.98. The molecule has 0 atom stereocenters. The fourth-order valence-corrected chi connectivity index (χ4v) is 9.41. The number of nitrogens with one attached hydrogen (secondary N) is 1. The molecule has 0 unspecified atom stereocenters. The summed E-state index contributed by atoms with van der Waals surface area (Å²) in [5, 5.41) is 14.3. The van der Waals surface area contributed by atoms with E-state index in [4.69, 9.17) is 14.4 Å². The minimum absolute atomic E-state index is 0.0391. The van der Waals surface area contributed by atoms with Crippen molar-refractivity contribution in [2.45, 2.75) is 45.6 Å². The minimum atomic E-state index is -0.708. The predicted molar refractivity (Wildman–Crippen MR) is 233 cm³/mol. The molecule has 9 aromatic rings. The number of imidazole rings is 1. The lowest BCUT2D eigenvalue weighted by Crippen LogP contribution is -2.37. The largest absolute Gasteiger partial charge is 0.439 e. The number of carbonyl (C=O) groups is 1. The lowest BCUT2D eigenvalue weighted by Gasteiger charge is -2.27. The molecule has 0 saturated carbocycles. The van der Waals surface area contributed by atoms with E-state index >= 15 is 13.6 Å². The summed E-state index contributed by atoms with van der Waals surface area (Å²) in [5.41, 5.74) is 6.04. The van der Waals surface area contributed by atoms with Gasteiger partial charge in [0.05, 0.1) is 51.9 Å². The van der Waals surface area contributed by atoms with Crippen molar-refractivity contribution in [3.05, 3.63) is 158 Å². The second-order valence-corrected chi connectivity index (χ2v) is 16.5. The van der Waals surface area contributed by atoms with Gasteiger partial charge in [-0.1, -0.05) is 23.4 Å². The molecule has 17 heteroatoms. The lowest BCUT2D eigenvalue weighted by atomic mass is 9.91. The normalized spacial score (nSPS) is 14.5. The number of halogens is 2. The van der Waals surface area contributed by atoms with Gasteiger partial charge in [0, 0.05) is 62.1 Å². The number of aromatic nitrogens is 9. The number of carbonyl (C=O) groups excluding carboxylic acids is 1. The second kappa shape index (κ2) is 15.0. The zero-order valence-corrected chi connectivity index (χ0v) is 35.0. The quantitative estimate of drug-likeness (QED) is 0.180. The summed E-state index contributed by atoms with van der Waals surface area (Å²) in [4.78, 5) is 46.4. The average Bonchev–Trinajstić information content (AvgIpc) is 4.15. The maximum absolute atomic E-state index is 16.1. The Balaban J connectivity index is 1.05. The molecule has 1 N–H and O–H groups in total. The van der Waals surface area contributed by atoms with E-state index in [-0.39, 0.29) is 35.2 Å². The van der Waals surface area contributed by atoms with E-state index < -0.39 is 17.3 Å². The van der Waals surface area contributed by atoms with Gasteiger partial charge in [0.25, 0.3) is 5.91 Å². The molecule has 0 aliphatic carbocycles. The van der Waals surface area contributed by atoms with Gasteiger partial charge < -0.3 is 14.2 Å². The highest BCUT2D eigenvalue weighted by Gasteiger charge is 2.33. The number of amides is 1. The van der Waals surface area contributed by atoms with Gasteiger partial charge in [0.1, 0.15) is 17.3 Å². The van der Waals surface area contributed by atoms with Gasteiger partial charge in [-0.2, -0.15) is 10.2 Å². The van der Waals surface area contributed by atoms with Crippen LogP contribution < -0.4 is 11.4 Å². The Morgan fingerprint density at radius 1 is 0.875 bits per heavy atom. The Hall–Kier alpha value is -7.66. The number of aryl methyl sites for hydroxylation is 3. The van der Waals surface area contributed by atoms with Crippen molar-refractivity contribution in [1.29, 1.82) is 0 Å². The summed E-state index contributed by atoms with van der Waals surface area (Å²) in [6.45, 7) is 5.05. The first-order valence-corrected chi connectivity index (χ1v) is 21.0. The number of hydrogen-bond donors (Lipinski definition) is 1. The first-order chi connectivity index (χ1) is 31.0. The summed E-state index contributed by atoms with van der Waals surface area (Å²) < 4.78 is 49.3. The van der Waals surface area contributed by atoms with Crippen LogP contribution in [0.4, 0.5) is 8.78 Å². The third kappa shape index (κ3) is 6.25. The van der Waals surface area contributed by atoms with E-state index in [1.807, 2.05) is 34.9 Å². The molecule has 0 radical (unpaired) electrons. The van der Waals surface area contributed by atoms with Crippen LogP contribution in [-0.4, -0.2) is 74.0 Å². The molecule has 4 aromatic carbocycles. The molecule has 15 nitrogen and oxygen atoms in total. The van der Waals surface area contributed by atoms with Crippen LogP contribution in [-0.2, 0) is 24.8 Å². The molecule has 1 fully saturated rings. The van der Waals surface area contributed by atoms with Crippen LogP contribution in [0.15, 0.2) is 105 Å². The van der Waals surface area contributed by atoms with Crippen LogP contribution >= 0.6 is 0 Å². The molecule has 0 bridgehead atoms. The van der Waals surface area contributed by atoms with Crippen LogP contribution in [0.5, 0.6) is 0 Å². The van der Waals surface area contributed by atoms with Crippen LogP contribution in [0.25, 0.3) is 56.1 Å². The summed E-state index contributed by atoms with van der Waals surface area (Å²) in [5.74, 6) is -1.09. The first kappa shape index (κ1) is 39.2. The van der Waals surface area contributed by atoms with E-state index in [9.17, 15) is 9.59 Å². The molecule has 7 heterocycles. The molecule has 0 spiro atoms. The molecular weight excluding hydrogens is 823 g/mol. The van der Waals surface area contributed by atoms with Crippen molar-refractivity contribution < 1.29 is 22.8 Å². The SMILES string of the molecule is Cc1cc(-n2nc3c(c2-n2ccn(-c4ccc5c(cnn5C)c4F)c2=O)CN(C(=O)c2cc4cc(C5CCOCC5)ccc4n2-c2ccccc2-c2noc(=O)[nH]2)CC3)cc(C)c1F. The highest BCUT2D eigenvalue weighted by molar-refractivity contribution is 6.01. The van der Waals surface area contributed by atoms with Crippen molar-refractivity contribution in [3.63, 3.8) is 0 Å². The van der Waals surface area contributed by atoms with Crippen molar-refractivity contribution in [3.8, 4) is 34.3 Å². The number of nitrogens with zero attached hydrogens (tertiary/aromatic N) is 9. The molecule has 1 saturated heterocycles. The summed E-state index contributed by atoms with van der Waals surface area (Å²) in [7, 11) is 1.71. The van der Waals surface area contributed by atoms with Gasteiger partial charge >= 0.3 is 11.4 Å². The topological polar surface area (TPSA) is 156 Å². The number of benzene rings is 4. The lowest BCUT2D eigenvalue weighted by molar-refractivity contribution is 0.0726. The fraction of sp³-hybridized carbons (Fsp3) is 0.234. The van der Waals surface area contributed by atoms with Gasteiger partial charge in [0.2, 0.25) is 0 Å². The molecule has 1 amide bonds. The van der Waals surface area contributed by atoms with E-state index in [1.165, 1.54) is 27.6 Å². The molecular formula is C47H40F2N10O5. The average molecular weight is 863 g/mol. The number of fused-ring (bicyclic) bond motifs is 3. The monoisotopic (exact) mass is 862 g/mol. The number of hydrogen-bond acceptors (Lipinski definition) is 8. The van der Waals surface area contributed by atoms with Gasteiger partial charge in [-0.3, -0.25) is 28.1 Å². The summed E-state index contributed by atoms with van der Waals surface area (Å²) >= 11 is 0. The zero-order chi connectivity index (χ0) is 44.0. The van der Waals surface area contributed by atoms with E-state index in [2.05, 4.69) is 27.4 Å². The van der Waals surface area contributed by atoms with Gasteiger partial charge in [0.15, 0.2) is 11.6 Å². The van der Waals surface area contributed by atoms with Crippen LogP contribution in [0.1, 0.15) is 57.2 Å². The number of aromatic amines is 1. The Kier molecular flexibility index (Phi) is 9.19. The molecule has 64 heavy (non-hydrogen) atoms. The first-order valence-electron chi connectivity index (χ1n) is 21.0. The van der Waals surface area contributed by atoms with Crippen LogP contribution in [0.2, 0.25) is 0 Å². The van der Waals surface area contributed by atoms with Gasteiger partial charge in [-0.25, -0.2) is 23.1 Å². The Labute approximate surface area is 362 Å². The van der Waals surface area contributed by atoms with Crippen molar-refractivity contribution in [2.75, 3.05) is 19.8 Å². The summed E-state index contributed by atoms with van der Waals surface area (Å²) in [6.07, 6.45) is 6.59. The van der Waals surface area contributed by atoms with Crippen LogP contribution in [0.3, 0.4) is 0 Å². The standard InChI is InChI=1S/C47H40F2N10O5/c1-26-20-31(21-27(2)41(26)48)59-44(57-17-16-56(47(57)62)39-11-10-37-33(42(39)49)24-50-54(37)3)34-25-55(15-12-35(34)52-59)45(60)40-23-30-22-29(28-13-18-63-19-14-28)8-9-36(30)58(40)38-7-5-4-6-32(38)43-51-46(61)64-53-43/h4-11,16-17,20-24,28H,12-15,18-19,25H2,1-3H3,(H,51,53,61). The maximum atomic E-state index is 16.1. The van der Waals surface area contributed by atoms with E-state index in [0.29, 0.717) is 88.4 Å². The fourth-order valence-electron chi connectivity index (χ4n) is 9.41. The highest BCUT2D eigenvalue weighted by Crippen LogP contribution is 2.36. The van der Waals surface area contributed by atoms with Crippen molar-refractivity contribution in [1.82, 2.24) is 48.3 Å². The maximum Gasteiger partial charge on any atom is 0.439 e. The molecule has 322 valence electrons. The Morgan fingerprint density at radius 3 is 2.42 bits per heavy atom. The van der Waals surface area contributed by atoms with Gasteiger partial charge in [-0.15, -0.1) is 0 Å². The number of ether oxygens (including phenoxy) is 1.